The van der Waals surface area contributed by atoms with Gasteiger partial charge in [-0.2, -0.15) is 0 Å². The summed E-state index contributed by atoms with van der Waals surface area (Å²) in [6.07, 6.45) is 0.916. The average molecular weight is 223 g/mol. The van der Waals surface area contributed by atoms with Crippen molar-refractivity contribution in [3.05, 3.63) is 17.7 Å². The number of anilines is 1. The molecule has 1 aromatic rings. The maximum atomic E-state index is 5.24. The molecule has 80 valence electrons. The van der Waals surface area contributed by atoms with E-state index in [1.165, 1.54) is 5.56 Å². The smallest absolute Gasteiger partial charge is 0.162 e. The summed E-state index contributed by atoms with van der Waals surface area (Å²) in [4.78, 5) is 0. The van der Waals surface area contributed by atoms with Gasteiger partial charge in [0, 0.05) is 17.1 Å². The first-order valence-electron chi connectivity index (χ1n) is 4.75. The van der Waals surface area contributed by atoms with Crippen molar-refractivity contribution in [3.63, 3.8) is 0 Å². The molecule has 1 aliphatic heterocycles. The van der Waals surface area contributed by atoms with E-state index in [9.17, 15) is 0 Å². The maximum absolute atomic E-state index is 5.24. The molecule has 2 rings (SSSR count). The highest BCUT2D eigenvalue weighted by Crippen LogP contribution is 2.36. The molecular formula is C11H13NO2S. The summed E-state index contributed by atoms with van der Waals surface area (Å²) in [5.41, 5.74) is 2.30. The van der Waals surface area contributed by atoms with E-state index in [0.29, 0.717) is 0 Å². The van der Waals surface area contributed by atoms with Gasteiger partial charge in [0.1, 0.15) is 0 Å². The summed E-state index contributed by atoms with van der Waals surface area (Å²) in [5.74, 6) is 1.51. The minimum Gasteiger partial charge on any atom is -0.493 e. The van der Waals surface area contributed by atoms with Crippen LogP contribution in [0.4, 0.5) is 5.69 Å². The minimum atomic E-state index is 0.242. The lowest BCUT2D eigenvalue weighted by Crippen LogP contribution is -2.14. The molecule has 0 bridgehead atoms. The minimum absolute atomic E-state index is 0.242. The molecule has 3 nitrogen and oxygen atoms in total. The van der Waals surface area contributed by atoms with Crippen molar-refractivity contribution in [1.29, 1.82) is 0 Å². The highest BCUT2D eigenvalue weighted by Gasteiger charge is 2.21. The van der Waals surface area contributed by atoms with Crippen molar-refractivity contribution in [2.45, 2.75) is 12.5 Å². The van der Waals surface area contributed by atoms with E-state index in [1.807, 2.05) is 12.1 Å². The van der Waals surface area contributed by atoms with Crippen molar-refractivity contribution < 1.29 is 9.47 Å². The molecule has 0 radical (unpaired) electrons. The molecule has 0 fully saturated rings. The molecular weight excluding hydrogens is 210 g/mol. The van der Waals surface area contributed by atoms with Crippen LogP contribution in [0.2, 0.25) is 0 Å². The van der Waals surface area contributed by atoms with Crippen molar-refractivity contribution in [2.75, 3.05) is 19.5 Å². The summed E-state index contributed by atoms with van der Waals surface area (Å²) in [5, 5.41) is 5.06. The predicted molar refractivity (Wildman–Crippen MR) is 64.3 cm³/mol. The molecule has 15 heavy (non-hydrogen) atoms. The summed E-state index contributed by atoms with van der Waals surface area (Å²) in [6, 6.07) is 4.19. The largest absolute Gasteiger partial charge is 0.493 e. The van der Waals surface area contributed by atoms with Crippen LogP contribution in [0.25, 0.3) is 0 Å². The molecule has 0 saturated carbocycles. The van der Waals surface area contributed by atoms with E-state index >= 15 is 0 Å². The first-order valence-corrected chi connectivity index (χ1v) is 5.22. The van der Waals surface area contributed by atoms with E-state index < -0.39 is 0 Å². The topological polar surface area (TPSA) is 30.5 Å². The van der Waals surface area contributed by atoms with Gasteiger partial charge in [0.2, 0.25) is 0 Å². The average Bonchev–Trinajstić information content (AvgIpc) is 2.68. The molecule has 1 aromatic carbocycles. The third-order valence-corrected chi connectivity index (χ3v) is 2.88. The van der Waals surface area contributed by atoms with Crippen molar-refractivity contribution in [3.8, 4) is 11.5 Å². The normalized spacial score (nSPS) is 17.9. The fourth-order valence-electron chi connectivity index (χ4n) is 1.79. The van der Waals surface area contributed by atoms with Gasteiger partial charge < -0.3 is 14.8 Å². The fraction of sp³-hybridized carbons (Fsp3) is 0.364. The van der Waals surface area contributed by atoms with Gasteiger partial charge in [-0.15, -0.1) is 0 Å². The molecule has 1 aliphatic rings. The molecule has 1 atom stereocenters. The van der Waals surface area contributed by atoms with Crippen LogP contribution in [0.1, 0.15) is 5.56 Å². The molecule has 0 spiro atoms. The second kappa shape index (κ2) is 4.06. The van der Waals surface area contributed by atoms with Crippen LogP contribution < -0.4 is 14.8 Å². The van der Waals surface area contributed by atoms with Crippen LogP contribution >= 0.6 is 12.2 Å². The summed E-state index contributed by atoms with van der Waals surface area (Å²) in [6.45, 7) is 0. The molecule has 0 aliphatic carbocycles. The molecule has 1 unspecified atom stereocenters. The van der Waals surface area contributed by atoms with E-state index in [-0.39, 0.29) is 6.04 Å². The van der Waals surface area contributed by atoms with E-state index in [4.69, 9.17) is 21.7 Å². The number of nitrogens with one attached hydrogen (secondary N) is 1. The monoisotopic (exact) mass is 223 g/mol. The zero-order valence-electron chi connectivity index (χ0n) is 8.74. The standard InChI is InChI=1S/C11H13NO2S/c1-13-10-4-7-3-8(6-15)12-9(7)5-11(10)14-2/h4-6,8,12H,3H2,1-2H3. The molecule has 0 saturated heterocycles. The van der Waals surface area contributed by atoms with Gasteiger partial charge >= 0.3 is 0 Å². The highest BCUT2D eigenvalue weighted by atomic mass is 32.1. The Morgan fingerprint density at radius 1 is 1.33 bits per heavy atom. The van der Waals surface area contributed by atoms with E-state index in [0.717, 1.165) is 23.6 Å². The second-order valence-electron chi connectivity index (χ2n) is 3.46. The van der Waals surface area contributed by atoms with Crippen molar-refractivity contribution in [1.82, 2.24) is 0 Å². The number of benzene rings is 1. The van der Waals surface area contributed by atoms with Gasteiger partial charge in [-0.1, -0.05) is 12.2 Å². The second-order valence-corrected chi connectivity index (χ2v) is 3.73. The molecule has 4 heteroatoms. The Balaban J connectivity index is 2.39. The van der Waals surface area contributed by atoms with Crippen LogP contribution in [0.3, 0.4) is 0 Å². The Morgan fingerprint density at radius 2 is 2.00 bits per heavy atom. The van der Waals surface area contributed by atoms with Gasteiger partial charge in [-0.3, -0.25) is 0 Å². The summed E-state index contributed by atoms with van der Waals surface area (Å²) in [7, 11) is 3.28. The fourth-order valence-corrected chi connectivity index (χ4v) is 1.96. The third-order valence-electron chi connectivity index (χ3n) is 2.55. The first-order chi connectivity index (χ1) is 7.28. The van der Waals surface area contributed by atoms with Crippen LogP contribution in [-0.4, -0.2) is 25.6 Å². The Morgan fingerprint density at radius 3 is 2.60 bits per heavy atom. The van der Waals surface area contributed by atoms with Gasteiger partial charge in [0.25, 0.3) is 0 Å². The van der Waals surface area contributed by atoms with Gasteiger partial charge in [0.15, 0.2) is 11.5 Å². The zero-order chi connectivity index (χ0) is 10.8. The van der Waals surface area contributed by atoms with E-state index in [1.54, 1.807) is 19.6 Å². The quantitative estimate of drug-likeness (QED) is 0.794. The van der Waals surface area contributed by atoms with Crippen LogP contribution in [0.5, 0.6) is 11.5 Å². The van der Waals surface area contributed by atoms with Gasteiger partial charge in [0.05, 0.1) is 20.3 Å². The van der Waals surface area contributed by atoms with Crippen LogP contribution in [-0.2, 0) is 6.42 Å². The number of methoxy groups -OCH3 is 2. The van der Waals surface area contributed by atoms with Crippen LogP contribution in [0.15, 0.2) is 12.1 Å². The first kappa shape index (κ1) is 10.2. The highest BCUT2D eigenvalue weighted by molar-refractivity contribution is 7.79. The maximum Gasteiger partial charge on any atom is 0.162 e. The Hall–Kier alpha value is -1.29. The van der Waals surface area contributed by atoms with Crippen molar-refractivity contribution >= 4 is 23.3 Å². The number of thiocarbonyl (C=S) groups is 1. The number of rotatable bonds is 3. The Labute approximate surface area is 94.4 Å². The lowest BCUT2D eigenvalue weighted by Gasteiger charge is -2.09. The number of fused-ring (bicyclic) bond motifs is 1. The van der Waals surface area contributed by atoms with Crippen LogP contribution in [0, 0.1) is 0 Å². The SMILES string of the molecule is COc1cc2c(cc1OC)NC(C=S)C2. The molecule has 1 heterocycles. The van der Waals surface area contributed by atoms with Gasteiger partial charge in [-0.05, 0) is 18.1 Å². The van der Waals surface area contributed by atoms with Crippen molar-refractivity contribution in [2.24, 2.45) is 0 Å². The zero-order valence-corrected chi connectivity index (χ0v) is 9.56. The number of ether oxygens (including phenoxy) is 2. The summed E-state index contributed by atoms with van der Waals surface area (Å²) < 4.78 is 10.5. The Bertz CT molecular complexity index is 359. The summed E-state index contributed by atoms with van der Waals surface area (Å²) >= 11 is 4.93. The lowest BCUT2D eigenvalue weighted by molar-refractivity contribution is 0.355. The van der Waals surface area contributed by atoms with E-state index in [2.05, 4.69) is 5.32 Å². The number of hydrogen-bond acceptors (Lipinski definition) is 4. The predicted octanol–water partition coefficient (Wildman–Crippen LogP) is 2.04. The van der Waals surface area contributed by atoms with Gasteiger partial charge in [-0.25, -0.2) is 0 Å². The number of hydrogen-bond donors (Lipinski definition) is 1. The lowest BCUT2D eigenvalue weighted by atomic mass is 10.1. The molecule has 0 amide bonds. The molecule has 1 N–H and O–H groups in total. The molecule has 0 aromatic heterocycles. The Kier molecular flexibility index (Phi) is 2.77. The third kappa shape index (κ3) is 1.77.